The summed E-state index contributed by atoms with van der Waals surface area (Å²) in [6.07, 6.45) is 0. The highest BCUT2D eigenvalue weighted by Crippen LogP contribution is 2.28. The molecular formula is C20H17ClN2O2S. The van der Waals surface area contributed by atoms with Crippen molar-refractivity contribution in [2.24, 2.45) is 0 Å². The molecule has 132 valence electrons. The summed E-state index contributed by atoms with van der Waals surface area (Å²) >= 11 is 7.61. The van der Waals surface area contributed by atoms with Crippen molar-refractivity contribution >= 4 is 46.1 Å². The Kier molecular flexibility index (Phi) is 5.40. The molecule has 3 aromatic rings. The minimum Gasteiger partial charge on any atom is -0.321 e. The van der Waals surface area contributed by atoms with Gasteiger partial charge in [0, 0.05) is 11.3 Å². The Morgan fingerprint density at radius 1 is 0.962 bits per heavy atom. The molecule has 0 saturated heterocycles. The van der Waals surface area contributed by atoms with Crippen molar-refractivity contribution in [2.45, 2.75) is 13.8 Å². The number of hydrogen-bond acceptors (Lipinski definition) is 3. The Morgan fingerprint density at radius 2 is 1.69 bits per heavy atom. The summed E-state index contributed by atoms with van der Waals surface area (Å²) < 4.78 is 0. The maximum absolute atomic E-state index is 12.5. The average molecular weight is 385 g/mol. The van der Waals surface area contributed by atoms with E-state index in [1.807, 2.05) is 37.4 Å². The lowest BCUT2D eigenvalue weighted by Crippen LogP contribution is -2.14. The first-order valence-electron chi connectivity index (χ1n) is 7.97. The van der Waals surface area contributed by atoms with E-state index in [1.165, 1.54) is 11.3 Å². The SMILES string of the molecule is Cc1cc(C)c(NC(=O)c2ccc(NC(=O)c3cccs3)cc2)c(Cl)c1. The van der Waals surface area contributed by atoms with Crippen molar-refractivity contribution in [1.82, 2.24) is 0 Å². The van der Waals surface area contributed by atoms with E-state index in [1.54, 1.807) is 30.3 Å². The van der Waals surface area contributed by atoms with Crippen LogP contribution < -0.4 is 10.6 Å². The van der Waals surface area contributed by atoms with Crippen LogP contribution in [-0.4, -0.2) is 11.8 Å². The zero-order chi connectivity index (χ0) is 18.7. The van der Waals surface area contributed by atoms with E-state index in [-0.39, 0.29) is 11.8 Å². The monoisotopic (exact) mass is 384 g/mol. The lowest BCUT2D eigenvalue weighted by atomic mass is 10.1. The van der Waals surface area contributed by atoms with E-state index in [4.69, 9.17) is 11.6 Å². The zero-order valence-corrected chi connectivity index (χ0v) is 15.9. The van der Waals surface area contributed by atoms with Crippen LogP contribution in [0.5, 0.6) is 0 Å². The first-order valence-corrected chi connectivity index (χ1v) is 9.23. The standard InChI is InChI=1S/C20H17ClN2O2S/c1-12-10-13(2)18(16(21)11-12)23-19(24)14-5-7-15(8-6-14)22-20(25)17-4-3-9-26-17/h3-11H,1-2H3,(H,22,25)(H,23,24). The molecule has 0 aliphatic heterocycles. The van der Waals surface area contributed by atoms with Gasteiger partial charge in [-0.3, -0.25) is 9.59 Å². The van der Waals surface area contributed by atoms with Gasteiger partial charge in [-0.05, 0) is 66.8 Å². The van der Waals surface area contributed by atoms with Crippen LogP contribution in [0, 0.1) is 13.8 Å². The summed E-state index contributed by atoms with van der Waals surface area (Å²) in [5.74, 6) is -0.422. The van der Waals surface area contributed by atoms with E-state index in [9.17, 15) is 9.59 Å². The van der Waals surface area contributed by atoms with E-state index in [0.29, 0.717) is 26.8 Å². The smallest absolute Gasteiger partial charge is 0.265 e. The number of hydrogen-bond donors (Lipinski definition) is 2. The molecule has 0 fully saturated rings. The molecule has 2 amide bonds. The van der Waals surface area contributed by atoms with Gasteiger partial charge in [0.1, 0.15) is 0 Å². The van der Waals surface area contributed by atoms with Gasteiger partial charge in [0.05, 0.1) is 15.6 Å². The van der Waals surface area contributed by atoms with Crippen LogP contribution >= 0.6 is 22.9 Å². The molecule has 6 heteroatoms. The average Bonchev–Trinajstić information content (AvgIpc) is 3.13. The van der Waals surface area contributed by atoms with E-state index in [0.717, 1.165) is 11.1 Å². The third-order valence-corrected chi connectivity index (χ3v) is 4.99. The Labute approximate surface area is 160 Å². The van der Waals surface area contributed by atoms with Crippen LogP contribution in [-0.2, 0) is 0 Å². The summed E-state index contributed by atoms with van der Waals surface area (Å²) in [4.78, 5) is 25.1. The fraction of sp³-hybridized carbons (Fsp3) is 0.100. The van der Waals surface area contributed by atoms with Crippen LogP contribution in [0.25, 0.3) is 0 Å². The van der Waals surface area contributed by atoms with Crippen LogP contribution in [0.1, 0.15) is 31.2 Å². The van der Waals surface area contributed by atoms with E-state index < -0.39 is 0 Å². The van der Waals surface area contributed by atoms with Gasteiger partial charge in [-0.25, -0.2) is 0 Å². The number of carbonyl (C=O) groups excluding carboxylic acids is 2. The van der Waals surface area contributed by atoms with Gasteiger partial charge in [-0.1, -0.05) is 23.7 Å². The Bertz CT molecular complexity index is 927. The van der Waals surface area contributed by atoms with Crippen molar-refractivity contribution < 1.29 is 9.59 Å². The number of aryl methyl sites for hydroxylation is 2. The van der Waals surface area contributed by atoms with Gasteiger partial charge in [0.15, 0.2) is 0 Å². The second-order valence-corrected chi connectivity index (χ2v) is 7.26. The molecule has 0 unspecified atom stereocenters. The second-order valence-electron chi connectivity index (χ2n) is 5.90. The second kappa shape index (κ2) is 7.72. The van der Waals surface area contributed by atoms with E-state index in [2.05, 4.69) is 10.6 Å². The van der Waals surface area contributed by atoms with Crippen LogP contribution in [0.3, 0.4) is 0 Å². The molecule has 2 N–H and O–H groups in total. The zero-order valence-electron chi connectivity index (χ0n) is 14.3. The van der Waals surface area contributed by atoms with Crippen LogP contribution in [0.4, 0.5) is 11.4 Å². The largest absolute Gasteiger partial charge is 0.321 e. The molecule has 0 radical (unpaired) electrons. The minimum atomic E-state index is -0.255. The van der Waals surface area contributed by atoms with Gasteiger partial charge in [0.25, 0.3) is 11.8 Å². The van der Waals surface area contributed by atoms with Crippen molar-refractivity contribution in [3.05, 3.63) is 80.5 Å². The predicted molar refractivity (Wildman–Crippen MR) is 108 cm³/mol. The maximum atomic E-state index is 12.5. The van der Waals surface area contributed by atoms with Crippen LogP contribution in [0.15, 0.2) is 53.9 Å². The molecule has 1 heterocycles. The summed E-state index contributed by atoms with van der Waals surface area (Å²) in [5, 5.41) is 8.01. The molecule has 3 rings (SSSR count). The van der Waals surface area contributed by atoms with Crippen molar-refractivity contribution in [3.8, 4) is 0 Å². The molecule has 0 spiro atoms. The number of thiophene rings is 1. The summed E-state index contributed by atoms with van der Waals surface area (Å²) in [6.45, 7) is 3.85. The molecule has 4 nitrogen and oxygen atoms in total. The quantitative estimate of drug-likeness (QED) is 0.621. The number of halogens is 1. The summed E-state index contributed by atoms with van der Waals surface area (Å²) in [6, 6.07) is 14.1. The number of nitrogens with one attached hydrogen (secondary N) is 2. The number of carbonyl (C=O) groups is 2. The molecule has 0 aliphatic rings. The van der Waals surface area contributed by atoms with Gasteiger partial charge < -0.3 is 10.6 Å². The minimum absolute atomic E-state index is 0.167. The summed E-state index contributed by atoms with van der Waals surface area (Å²) in [7, 11) is 0. The van der Waals surface area contributed by atoms with E-state index >= 15 is 0 Å². The third-order valence-electron chi connectivity index (χ3n) is 3.82. The fourth-order valence-corrected chi connectivity index (χ4v) is 3.55. The van der Waals surface area contributed by atoms with Gasteiger partial charge in [0.2, 0.25) is 0 Å². The lowest BCUT2D eigenvalue weighted by Gasteiger charge is -2.12. The lowest BCUT2D eigenvalue weighted by molar-refractivity contribution is 0.102. The highest BCUT2D eigenvalue weighted by Gasteiger charge is 2.12. The summed E-state index contributed by atoms with van der Waals surface area (Å²) in [5.41, 5.74) is 3.66. The Morgan fingerprint density at radius 3 is 2.31 bits per heavy atom. The first kappa shape index (κ1) is 18.2. The Hall–Kier alpha value is -2.63. The molecular weight excluding hydrogens is 368 g/mol. The number of rotatable bonds is 4. The van der Waals surface area contributed by atoms with Crippen molar-refractivity contribution in [3.63, 3.8) is 0 Å². The van der Waals surface area contributed by atoms with Gasteiger partial charge >= 0.3 is 0 Å². The predicted octanol–water partition coefficient (Wildman–Crippen LogP) is 5.52. The number of amides is 2. The fourth-order valence-electron chi connectivity index (χ4n) is 2.57. The molecule has 0 bridgehead atoms. The van der Waals surface area contributed by atoms with Gasteiger partial charge in [-0.15, -0.1) is 11.3 Å². The molecule has 2 aromatic carbocycles. The van der Waals surface area contributed by atoms with Crippen molar-refractivity contribution in [2.75, 3.05) is 10.6 Å². The van der Waals surface area contributed by atoms with Crippen LogP contribution in [0.2, 0.25) is 5.02 Å². The molecule has 0 saturated carbocycles. The van der Waals surface area contributed by atoms with Crippen molar-refractivity contribution in [1.29, 1.82) is 0 Å². The number of anilines is 2. The molecule has 0 atom stereocenters. The highest BCUT2D eigenvalue weighted by atomic mass is 35.5. The molecule has 1 aromatic heterocycles. The molecule has 0 aliphatic carbocycles. The normalized spacial score (nSPS) is 10.4. The Balaban J connectivity index is 1.70. The topological polar surface area (TPSA) is 58.2 Å². The van der Waals surface area contributed by atoms with Gasteiger partial charge in [-0.2, -0.15) is 0 Å². The third kappa shape index (κ3) is 4.12. The highest BCUT2D eigenvalue weighted by molar-refractivity contribution is 7.12. The first-order chi connectivity index (χ1) is 12.4. The molecule has 26 heavy (non-hydrogen) atoms. The number of benzene rings is 2. The maximum Gasteiger partial charge on any atom is 0.265 e.